The monoisotopic (exact) mass is 153 g/mol. The van der Waals surface area contributed by atoms with Crippen LogP contribution in [0.3, 0.4) is 0 Å². The average Bonchev–Trinajstić information content (AvgIpc) is 2.39. The van der Waals surface area contributed by atoms with E-state index >= 15 is 0 Å². The first-order valence-corrected chi connectivity index (χ1v) is 3.81. The zero-order valence-electron chi connectivity index (χ0n) is 7.09. The van der Waals surface area contributed by atoms with Gasteiger partial charge in [0.1, 0.15) is 5.82 Å². The summed E-state index contributed by atoms with van der Waals surface area (Å²) in [6.07, 6.45) is 1.91. The second-order valence-corrected chi connectivity index (χ2v) is 2.81. The molecule has 0 aliphatic carbocycles. The van der Waals surface area contributed by atoms with Crippen LogP contribution in [0.15, 0.2) is 18.3 Å². The summed E-state index contributed by atoms with van der Waals surface area (Å²) in [5.41, 5.74) is 0. The van der Waals surface area contributed by atoms with Gasteiger partial charge in [-0.05, 0) is 26.2 Å². The summed E-state index contributed by atoms with van der Waals surface area (Å²) >= 11 is 0. The first-order chi connectivity index (χ1) is 5.29. The summed E-state index contributed by atoms with van der Waals surface area (Å²) in [6.45, 7) is 2.03. The van der Waals surface area contributed by atoms with Crippen molar-refractivity contribution in [1.82, 2.24) is 9.88 Å². The van der Waals surface area contributed by atoms with Crippen LogP contribution >= 0.6 is 0 Å². The molecule has 2 N–H and O–H groups in total. The molecular formula is C8H15N3. The Labute approximate surface area is 67.4 Å². The summed E-state index contributed by atoms with van der Waals surface area (Å²) in [4.78, 5) is 5.23. The van der Waals surface area contributed by atoms with Gasteiger partial charge in [0.15, 0.2) is 0 Å². The quantitative estimate of drug-likeness (QED) is 0.675. The molecule has 0 saturated carbocycles. The third-order valence-electron chi connectivity index (χ3n) is 1.47. The lowest BCUT2D eigenvalue weighted by atomic mass is 10.5. The van der Waals surface area contributed by atoms with Crippen LogP contribution in [0.4, 0.5) is 5.82 Å². The van der Waals surface area contributed by atoms with Gasteiger partial charge in [0.2, 0.25) is 0 Å². The predicted molar refractivity (Wildman–Crippen MR) is 47.8 cm³/mol. The highest BCUT2D eigenvalue weighted by molar-refractivity contribution is 5.33. The van der Waals surface area contributed by atoms with Crippen LogP contribution in [-0.2, 0) is 0 Å². The van der Waals surface area contributed by atoms with E-state index in [1.807, 2.05) is 18.3 Å². The molecule has 0 spiro atoms. The highest BCUT2D eigenvalue weighted by Gasteiger charge is 1.90. The molecule has 0 aromatic carbocycles. The Bertz CT molecular complexity index is 179. The van der Waals surface area contributed by atoms with Gasteiger partial charge in [0.05, 0.1) is 0 Å². The molecule has 1 aromatic heterocycles. The lowest BCUT2D eigenvalue weighted by Gasteiger charge is -2.09. The van der Waals surface area contributed by atoms with Crippen LogP contribution in [0, 0.1) is 0 Å². The molecule has 0 saturated heterocycles. The van der Waals surface area contributed by atoms with Crippen molar-refractivity contribution in [2.75, 3.05) is 32.5 Å². The van der Waals surface area contributed by atoms with Gasteiger partial charge in [-0.15, -0.1) is 0 Å². The van der Waals surface area contributed by atoms with Gasteiger partial charge in [-0.2, -0.15) is 0 Å². The van der Waals surface area contributed by atoms with E-state index in [0.29, 0.717) is 0 Å². The van der Waals surface area contributed by atoms with Crippen LogP contribution in [0.5, 0.6) is 0 Å². The van der Waals surface area contributed by atoms with Crippen LogP contribution in [0.1, 0.15) is 0 Å². The van der Waals surface area contributed by atoms with E-state index in [4.69, 9.17) is 0 Å². The minimum Gasteiger partial charge on any atom is -0.370 e. The highest BCUT2D eigenvalue weighted by atomic mass is 15.1. The summed E-state index contributed by atoms with van der Waals surface area (Å²) in [5, 5.41) is 3.26. The number of aromatic nitrogens is 1. The van der Waals surface area contributed by atoms with Gasteiger partial charge in [-0.3, -0.25) is 0 Å². The maximum Gasteiger partial charge on any atom is 0.103 e. The van der Waals surface area contributed by atoms with E-state index in [9.17, 15) is 0 Å². The van der Waals surface area contributed by atoms with E-state index in [-0.39, 0.29) is 0 Å². The van der Waals surface area contributed by atoms with Crippen molar-refractivity contribution < 1.29 is 0 Å². The van der Waals surface area contributed by atoms with Gasteiger partial charge in [0, 0.05) is 19.3 Å². The number of nitrogens with one attached hydrogen (secondary N) is 2. The first kappa shape index (κ1) is 8.14. The van der Waals surface area contributed by atoms with Gasteiger partial charge in [-0.1, -0.05) is 0 Å². The van der Waals surface area contributed by atoms with Crippen molar-refractivity contribution in [3.8, 4) is 0 Å². The lowest BCUT2D eigenvalue weighted by molar-refractivity contribution is 0.425. The zero-order valence-corrected chi connectivity index (χ0v) is 7.09. The third-order valence-corrected chi connectivity index (χ3v) is 1.47. The van der Waals surface area contributed by atoms with E-state index in [0.717, 1.165) is 18.9 Å². The van der Waals surface area contributed by atoms with Crippen molar-refractivity contribution in [2.24, 2.45) is 0 Å². The second-order valence-electron chi connectivity index (χ2n) is 2.81. The molecule has 3 heteroatoms. The Morgan fingerprint density at radius 2 is 2.36 bits per heavy atom. The third kappa shape index (κ3) is 3.09. The number of aromatic amines is 1. The molecular weight excluding hydrogens is 138 g/mol. The fourth-order valence-corrected chi connectivity index (χ4v) is 0.854. The summed E-state index contributed by atoms with van der Waals surface area (Å²) in [5.74, 6) is 1.09. The molecule has 0 bridgehead atoms. The zero-order chi connectivity index (χ0) is 8.10. The van der Waals surface area contributed by atoms with E-state index in [1.165, 1.54) is 0 Å². The van der Waals surface area contributed by atoms with Crippen molar-refractivity contribution in [2.45, 2.75) is 0 Å². The number of hydrogen-bond acceptors (Lipinski definition) is 2. The molecule has 1 heterocycles. The molecule has 3 nitrogen and oxygen atoms in total. The number of rotatable bonds is 4. The Balaban J connectivity index is 2.14. The van der Waals surface area contributed by atoms with Crippen LogP contribution < -0.4 is 5.32 Å². The molecule has 1 aromatic rings. The maximum absolute atomic E-state index is 3.26. The van der Waals surface area contributed by atoms with Crippen LogP contribution in [0.2, 0.25) is 0 Å². The second kappa shape index (κ2) is 4.03. The molecule has 62 valence electrons. The van der Waals surface area contributed by atoms with Crippen LogP contribution in [0.25, 0.3) is 0 Å². The minimum atomic E-state index is 0.980. The Hall–Kier alpha value is -0.960. The van der Waals surface area contributed by atoms with E-state index in [1.54, 1.807) is 0 Å². The average molecular weight is 153 g/mol. The SMILES string of the molecule is CN(C)CCNc1ccc[nH]1. The van der Waals surface area contributed by atoms with Crippen molar-refractivity contribution >= 4 is 5.82 Å². The fraction of sp³-hybridized carbons (Fsp3) is 0.500. The highest BCUT2D eigenvalue weighted by Crippen LogP contribution is 1.99. The predicted octanol–water partition coefficient (Wildman–Crippen LogP) is 0.988. The van der Waals surface area contributed by atoms with Crippen molar-refractivity contribution in [3.05, 3.63) is 18.3 Å². The fourth-order valence-electron chi connectivity index (χ4n) is 0.854. The summed E-state index contributed by atoms with van der Waals surface area (Å²) in [6, 6.07) is 4.01. The maximum atomic E-state index is 3.26. The van der Waals surface area contributed by atoms with Gasteiger partial charge < -0.3 is 15.2 Å². The molecule has 0 radical (unpaired) electrons. The van der Waals surface area contributed by atoms with Crippen molar-refractivity contribution in [1.29, 1.82) is 0 Å². The van der Waals surface area contributed by atoms with Crippen molar-refractivity contribution in [3.63, 3.8) is 0 Å². The molecule has 0 fully saturated rings. The van der Waals surface area contributed by atoms with Crippen LogP contribution in [-0.4, -0.2) is 37.1 Å². The summed E-state index contributed by atoms with van der Waals surface area (Å²) < 4.78 is 0. The molecule has 0 atom stereocenters. The molecule has 0 aliphatic rings. The smallest absolute Gasteiger partial charge is 0.103 e. The van der Waals surface area contributed by atoms with E-state index < -0.39 is 0 Å². The number of hydrogen-bond donors (Lipinski definition) is 2. The Morgan fingerprint density at radius 1 is 1.55 bits per heavy atom. The van der Waals surface area contributed by atoms with Gasteiger partial charge in [-0.25, -0.2) is 0 Å². The molecule has 0 aliphatic heterocycles. The number of nitrogens with zero attached hydrogens (tertiary/aromatic N) is 1. The Kier molecular flexibility index (Phi) is 2.98. The standard InChI is InChI=1S/C8H15N3/c1-11(2)7-6-10-8-4-3-5-9-8/h3-5,9-10H,6-7H2,1-2H3. The number of H-pyrrole nitrogens is 1. The number of anilines is 1. The summed E-state index contributed by atoms with van der Waals surface area (Å²) in [7, 11) is 4.13. The topological polar surface area (TPSA) is 31.1 Å². The molecule has 0 amide bonds. The number of likely N-dealkylation sites (N-methyl/N-ethyl adjacent to an activating group) is 1. The minimum absolute atomic E-state index is 0.980. The normalized spacial score (nSPS) is 10.5. The largest absolute Gasteiger partial charge is 0.370 e. The van der Waals surface area contributed by atoms with E-state index in [2.05, 4.69) is 29.3 Å². The molecule has 11 heavy (non-hydrogen) atoms. The Morgan fingerprint density at radius 3 is 2.91 bits per heavy atom. The molecule has 0 unspecified atom stereocenters. The lowest BCUT2D eigenvalue weighted by Crippen LogP contribution is -2.20. The van der Waals surface area contributed by atoms with Gasteiger partial charge >= 0.3 is 0 Å². The van der Waals surface area contributed by atoms with Gasteiger partial charge in [0.25, 0.3) is 0 Å². The first-order valence-electron chi connectivity index (χ1n) is 3.81. The molecule has 1 rings (SSSR count).